The van der Waals surface area contributed by atoms with Gasteiger partial charge in [-0.3, -0.25) is 0 Å². The molecular formula is C12H9Cl2FN2O. The average molecular weight is 287 g/mol. The van der Waals surface area contributed by atoms with E-state index in [1.807, 2.05) is 0 Å². The van der Waals surface area contributed by atoms with Gasteiger partial charge in [0.1, 0.15) is 11.0 Å². The molecule has 2 heterocycles. The highest BCUT2D eigenvalue weighted by Gasteiger charge is 2.20. The van der Waals surface area contributed by atoms with Crippen LogP contribution < -0.4 is 0 Å². The number of halogens is 3. The summed E-state index contributed by atoms with van der Waals surface area (Å²) in [5.74, 6) is -0.491. The lowest BCUT2D eigenvalue weighted by molar-refractivity contribution is 0.110. The van der Waals surface area contributed by atoms with Crippen molar-refractivity contribution in [1.29, 1.82) is 0 Å². The van der Waals surface area contributed by atoms with E-state index in [-0.39, 0.29) is 5.02 Å². The van der Waals surface area contributed by atoms with Crippen LogP contribution in [-0.4, -0.2) is 16.4 Å². The number of ether oxygens (including phenoxy) is 1. The van der Waals surface area contributed by atoms with Crippen LogP contribution >= 0.6 is 23.2 Å². The predicted molar refractivity (Wildman–Crippen MR) is 66.9 cm³/mol. The molecule has 6 heteroatoms. The lowest BCUT2D eigenvalue weighted by Crippen LogP contribution is -2.08. The van der Waals surface area contributed by atoms with Gasteiger partial charge in [0, 0.05) is 18.1 Å². The van der Waals surface area contributed by atoms with Crippen LogP contribution in [0.4, 0.5) is 4.39 Å². The van der Waals surface area contributed by atoms with Crippen molar-refractivity contribution in [3.63, 3.8) is 0 Å². The second kappa shape index (κ2) is 4.53. The molecule has 0 saturated carbocycles. The Morgan fingerprint density at radius 2 is 2.17 bits per heavy atom. The highest BCUT2D eigenvalue weighted by Crippen LogP contribution is 2.28. The molecule has 3 rings (SSSR count). The molecule has 3 nitrogen and oxygen atoms in total. The van der Waals surface area contributed by atoms with Crippen molar-refractivity contribution >= 4 is 23.2 Å². The maximum atomic E-state index is 13.4. The molecule has 2 aromatic rings. The fourth-order valence-corrected chi connectivity index (χ4v) is 2.36. The van der Waals surface area contributed by atoms with E-state index in [2.05, 4.69) is 5.10 Å². The average Bonchev–Trinajstić information content (AvgIpc) is 2.71. The van der Waals surface area contributed by atoms with Gasteiger partial charge in [-0.05, 0) is 12.1 Å². The van der Waals surface area contributed by atoms with Crippen molar-refractivity contribution in [2.45, 2.75) is 13.0 Å². The van der Waals surface area contributed by atoms with Crippen LogP contribution in [0, 0.1) is 5.82 Å². The van der Waals surface area contributed by atoms with E-state index < -0.39 is 5.82 Å². The van der Waals surface area contributed by atoms with E-state index in [4.69, 9.17) is 27.9 Å². The fraction of sp³-hybridized carbons (Fsp3) is 0.250. The summed E-state index contributed by atoms with van der Waals surface area (Å²) in [6.07, 6.45) is 0.720. The van der Waals surface area contributed by atoms with Crippen molar-refractivity contribution in [2.75, 3.05) is 6.61 Å². The molecule has 0 bridgehead atoms. The molecule has 0 radical (unpaired) electrons. The normalized spacial score (nSPS) is 14.6. The van der Waals surface area contributed by atoms with Crippen molar-refractivity contribution < 1.29 is 9.13 Å². The van der Waals surface area contributed by atoms with E-state index >= 15 is 0 Å². The highest BCUT2D eigenvalue weighted by molar-refractivity contribution is 6.31. The van der Waals surface area contributed by atoms with Crippen molar-refractivity contribution in [2.24, 2.45) is 0 Å². The Bertz CT molecular complexity index is 612. The van der Waals surface area contributed by atoms with Crippen LogP contribution in [0.15, 0.2) is 18.2 Å². The fourth-order valence-electron chi connectivity index (χ4n) is 1.95. The van der Waals surface area contributed by atoms with Gasteiger partial charge in [-0.25, -0.2) is 9.07 Å². The molecule has 0 N–H and O–H groups in total. The Hall–Kier alpha value is -1.10. The maximum Gasteiger partial charge on any atom is 0.143 e. The number of benzene rings is 1. The molecule has 0 aliphatic carbocycles. The van der Waals surface area contributed by atoms with Crippen LogP contribution in [0.2, 0.25) is 10.2 Å². The van der Waals surface area contributed by atoms with E-state index in [0.29, 0.717) is 24.1 Å². The number of hydrogen-bond acceptors (Lipinski definition) is 2. The first-order valence-electron chi connectivity index (χ1n) is 5.46. The third-order valence-corrected chi connectivity index (χ3v) is 3.58. The van der Waals surface area contributed by atoms with Crippen LogP contribution in [0.25, 0.3) is 5.69 Å². The summed E-state index contributed by atoms with van der Waals surface area (Å²) in [6, 6.07) is 4.48. The molecule has 0 amide bonds. The van der Waals surface area contributed by atoms with Gasteiger partial charge >= 0.3 is 0 Å². The van der Waals surface area contributed by atoms with E-state index in [9.17, 15) is 4.39 Å². The first kappa shape index (κ1) is 12.0. The minimum atomic E-state index is -0.491. The molecule has 0 unspecified atom stereocenters. The standard InChI is InChI=1S/C12H9Cl2FN2O/c13-9-2-1-7(5-10(9)15)17-12(14)8-6-18-4-3-11(8)16-17/h1-2,5H,3-4,6H2. The third-order valence-electron chi connectivity index (χ3n) is 2.88. The summed E-state index contributed by atoms with van der Waals surface area (Å²) in [7, 11) is 0. The van der Waals surface area contributed by atoms with Gasteiger partial charge < -0.3 is 4.74 Å². The molecule has 1 aromatic carbocycles. The molecule has 1 aromatic heterocycles. The molecule has 18 heavy (non-hydrogen) atoms. The van der Waals surface area contributed by atoms with Gasteiger partial charge in [0.15, 0.2) is 0 Å². The minimum Gasteiger partial charge on any atom is -0.376 e. The number of fused-ring (bicyclic) bond motifs is 1. The zero-order valence-corrected chi connectivity index (χ0v) is 10.8. The molecule has 0 fully saturated rings. The molecule has 0 spiro atoms. The Morgan fingerprint density at radius 3 is 2.89 bits per heavy atom. The SMILES string of the molecule is Fc1cc(-n2nc3c(c2Cl)COCC3)ccc1Cl. The second-order valence-corrected chi connectivity index (χ2v) is 4.79. The van der Waals surface area contributed by atoms with E-state index in [1.54, 1.807) is 6.07 Å². The first-order valence-corrected chi connectivity index (χ1v) is 6.22. The Morgan fingerprint density at radius 1 is 1.33 bits per heavy atom. The van der Waals surface area contributed by atoms with E-state index in [1.165, 1.54) is 16.8 Å². The van der Waals surface area contributed by atoms with Crippen LogP contribution in [-0.2, 0) is 17.8 Å². The monoisotopic (exact) mass is 286 g/mol. The zero-order chi connectivity index (χ0) is 12.7. The summed E-state index contributed by atoms with van der Waals surface area (Å²) >= 11 is 11.9. The third kappa shape index (κ3) is 1.90. The van der Waals surface area contributed by atoms with Crippen molar-refractivity contribution in [1.82, 2.24) is 9.78 Å². The molecule has 94 valence electrons. The number of nitrogens with zero attached hydrogens (tertiary/aromatic N) is 2. The van der Waals surface area contributed by atoms with Gasteiger partial charge in [-0.2, -0.15) is 5.10 Å². The molecular weight excluding hydrogens is 278 g/mol. The largest absolute Gasteiger partial charge is 0.376 e. The second-order valence-electron chi connectivity index (χ2n) is 4.03. The summed E-state index contributed by atoms with van der Waals surface area (Å²) in [6.45, 7) is 1.08. The van der Waals surface area contributed by atoms with E-state index in [0.717, 1.165) is 17.7 Å². The first-order chi connectivity index (χ1) is 8.66. The summed E-state index contributed by atoms with van der Waals surface area (Å²) in [5, 5.41) is 4.93. The van der Waals surface area contributed by atoms with Gasteiger partial charge in [0.25, 0.3) is 0 Å². The highest BCUT2D eigenvalue weighted by atomic mass is 35.5. The maximum absolute atomic E-state index is 13.4. The van der Waals surface area contributed by atoms with Crippen molar-refractivity contribution in [3.8, 4) is 5.69 Å². The van der Waals surface area contributed by atoms with Gasteiger partial charge in [0.2, 0.25) is 0 Å². The number of hydrogen-bond donors (Lipinski definition) is 0. The van der Waals surface area contributed by atoms with Crippen LogP contribution in [0.5, 0.6) is 0 Å². The lowest BCUT2D eigenvalue weighted by Gasteiger charge is -2.09. The smallest absolute Gasteiger partial charge is 0.143 e. The van der Waals surface area contributed by atoms with Gasteiger partial charge in [-0.1, -0.05) is 23.2 Å². The van der Waals surface area contributed by atoms with Crippen LogP contribution in [0.1, 0.15) is 11.3 Å². The molecule has 0 saturated heterocycles. The Balaban J connectivity index is 2.11. The quantitative estimate of drug-likeness (QED) is 0.804. The summed E-state index contributed by atoms with van der Waals surface area (Å²) < 4.78 is 20.3. The Labute approximate surface area is 113 Å². The summed E-state index contributed by atoms with van der Waals surface area (Å²) in [5.41, 5.74) is 2.33. The van der Waals surface area contributed by atoms with Gasteiger partial charge in [0.05, 0.1) is 29.6 Å². The van der Waals surface area contributed by atoms with Gasteiger partial charge in [-0.15, -0.1) is 0 Å². The topological polar surface area (TPSA) is 27.1 Å². The molecule has 1 aliphatic heterocycles. The zero-order valence-electron chi connectivity index (χ0n) is 9.29. The van der Waals surface area contributed by atoms with Crippen LogP contribution in [0.3, 0.4) is 0 Å². The number of aromatic nitrogens is 2. The number of rotatable bonds is 1. The minimum absolute atomic E-state index is 0.0788. The Kier molecular flexibility index (Phi) is 3.01. The lowest BCUT2D eigenvalue weighted by atomic mass is 10.2. The van der Waals surface area contributed by atoms with Crippen molar-refractivity contribution in [3.05, 3.63) is 45.4 Å². The molecule has 0 atom stereocenters. The summed E-state index contributed by atoms with van der Waals surface area (Å²) in [4.78, 5) is 0. The molecule has 1 aliphatic rings. The predicted octanol–water partition coefficient (Wildman–Crippen LogP) is 3.39.